The Labute approximate surface area is 164 Å². The standard InChI is InChI=1S/C22H23N3O3/c1-25(2)17-7-5-6-16(12-17)22(26)24-23-14-20-19-13-18(27-3)10-8-15(19)9-11-21(20)28-4/h5-14H,1-4H3,(H,24,26)/b23-14-. The minimum absolute atomic E-state index is 0.281. The number of nitrogens with one attached hydrogen (secondary N) is 1. The van der Waals surface area contributed by atoms with Crippen LogP contribution in [0.15, 0.2) is 59.7 Å². The molecule has 0 aliphatic rings. The molecule has 0 unspecified atom stereocenters. The Bertz CT molecular complexity index is 1020. The van der Waals surface area contributed by atoms with E-state index < -0.39 is 0 Å². The molecule has 1 N–H and O–H groups in total. The van der Waals surface area contributed by atoms with E-state index in [0.717, 1.165) is 27.8 Å². The van der Waals surface area contributed by atoms with Crippen LogP contribution in [0, 0.1) is 0 Å². The quantitative estimate of drug-likeness (QED) is 0.526. The van der Waals surface area contributed by atoms with Gasteiger partial charge in [-0.2, -0.15) is 5.10 Å². The Balaban J connectivity index is 1.88. The van der Waals surface area contributed by atoms with Crippen molar-refractivity contribution in [2.45, 2.75) is 0 Å². The number of hydrogen-bond donors (Lipinski definition) is 1. The van der Waals surface area contributed by atoms with Crippen molar-refractivity contribution in [3.63, 3.8) is 0 Å². The van der Waals surface area contributed by atoms with Crippen molar-refractivity contribution in [2.75, 3.05) is 33.2 Å². The first-order valence-electron chi connectivity index (χ1n) is 8.79. The molecule has 0 heterocycles. The second-order valence-electron chi connectivity index (χ2n) is 6.41. The molecule has 0 atom stereocenters. The van der Waals surface area contributed by atoms with Crippen LogP contribution < -0.4 is 19.8 Å². The fourth-order valence-electron chi connectivity index (χ4n) is 2.89. The Morgan fingerprint density at radius 3 is 2.54 bits per heavy atom. The van der Waals surface area contributed by atoms with Gasteiger partial charge < -0.3 is 14.4 Å². The van der Waals surface area contributed by atoms with Gasteiger partial charge in [-0.3, -0.25) is 4.79 Å². The molecule has 3 rings (SSSR count). The molecule has 0 spiro atoms. The number of benzene rings is 3. The lowest BCUT2D eigenvalue weighted by molar-refractivity contribution is 0.0955. The van der Waals surface area contributed by atoms with E-state index in [1.54, 1.807) is 26.5 Å². The highest BCUT2D eigenvalue weighted by atomic mass is 16.5. The highest BCUT2D eigenvalue weighted by Gasteiger charge is 2.09. The Hall–Kier alpha value is -3.54. The molecule has 0 aromatic heterocycles. The van der Waals surface area contributed by atoms with Gasteiger partial charge in [0.1, 0.15) is 11.5 Å². The second-order valence-corrected chi connectivity index (χ2v) is 6.41. The van der Waals surface area contributed by atoms with Crippen molar-refractivity contribution in [1.82, 2.24) is 5.43 Å². The summed E-state index contributed by atoms with van der Waals surface area (Å²) in [6.07, 6.45) is 1.59. The van der Waals surface area contributed by atoms with Gasteiger partial charge in [0, 0.05) is 30.9 Å². The summed E-state index contributed by atoms with van der Waals surface area (Å²) >= 11 is 0. The zero-order valence-corrected chi connectivity index (χ0v) is 16.4. The third-order valence-corrected chi connectivity index (χ3v) is 4.43. The summed E-state index contributed by atoms with van der Waals surface area (Å²) in [6.45, 7) is 0. The lowest BCUT2D eigenvalue weighted by atomic mass is 10.0. The molecule has 0 fully saturated rings. The van der Waals surface area contributed by atoms with Crippen molar-refractivity contribution in [3.05, 3.63) is 65.7 Å². The number of ether oxygens (including phenoxy) is 2. The number of fused-ring (bicyclic) bond motifs is 1. The number of methoxy groups -OCH3 is 2. The number of hydrogen-bond acceptors (Lipinski definition) is 5. The molecule has 3 aromatic rings. The normalized spacial score (nSPS) is 10.9. The predicted molar refractivity (Wildman–Crippen MR) is 113 cm³/mol. The SMILES string of the molecule is COc1ccc2ccc(OC)c(/C=N\NC(=O)c3cccc(N(C)C)c3)c2c1. The van der Waals surface area contributed by atoms with Gasteiger partial charge in [0.05, 0.1) is 20.4 Å². The predicted octanol–water partition coefficient (Wildman–Crippen LogP) is 3.69. The molecule has 0 radical (unpaired) electrons. The van der Waals surface area contributed by atoms with Gasteiger partial charge in [-0.25, -0.2) is 5.43 Å². The maximum atomic E-state index is 12.4. The molecule has 28 heavy (non-hydrogen) atoms. The number of carbonyl (C=O) groups is 1. The lowest BCUT2D eigenvalue weighted by Gasteiger charge is -2.13. The number of amides is 1. The molecule has 6 heteroatoms. The summed E-state index contributed by atoms with van der Waals surface area (Å²) in [7, 11) is 7.08. The fourth-order valence-corrected chi connectivity index (χ4v) is 2.89. The van der Waals surface area contributed by atoms with Crippen LogP contribution in [0.2, 0.25) is 0 Å². The number of rotatable bonds is 6. The minimum atomic E-state index is -0.281. The maximum absolute atomic E-state index is 12.4. The monoisotopic (exact) mass is 377 g/mol. The maximum Gasteiger partial charge on any atom is 0.271 e. The fraction of sp³-hybridized carbons (Fsp3) is 0.182. The van der Waals surface area contributed by atoms with E-state index in [1.165, 1.54) is 0 Å². The third-order valence-electron chi connectivity index (χ3n) is 4.43. The van der Waals surface area contributed by atoms with Gasteiger partial charge in [-0.05, 0) is 47.2 Å². The molecule has 0 bridgehead atoms. The van der Waals surface area contributed by atoms with E-state index in [9.17, 15) is 4.79 Å². The third kappa shape index (κ3) is 4.06. The van der Waals surface area contributed by atoms with E-state index in [0.29, 0.717) is 11.3 Å². The highest BCUT2D eigenvalue weighted by molar-refractivity contribution is 6.03. The first kappa shape index (κ1) is 19.2. The Morgan fingerprint density at radius 2 is 1.82 bits per heavy atom. The van der Waals surface area contributed by atoms with Crippen LogP contribution in [0.5, 0.6) is 11.5 Å². The van der Waals surface area contributed by atoms with Gasteiger partial charge in [-0.1, -0.05) is 18.2 Å². The van der Waals surface area contributed by atoms with E-state index in [1.807, 2.05) is 67.5 Å². The molecule has 0 aliphatic carbocycles. The van der Waals surface area contributed by atoms with E-state index >= 15 is 0 Å². The molecule has 144 valence electrons. The first-order valence-corrected chi connectivity index (χ1v) is 8.79. The van der Waals surface area contributed by atoms with Gasteiger partial charge >= 0.3 is 0 Å². The zero-order chi connectivity index (χ0) is 20.1. The molecule has 6 nitrogen and oxygen atoms in total. The summed E-state index contributed by atoms with van der Waals surface area (Å²) in [5, 5.41) is 6.09. The molecule has 0 aliphatic heterocycles. The average Bonchev–Trinajstić information content (AvgIpc) is 2.73. The van der Waals surface area contributed by atoms with Crippen LogP contribution in [0.3, 0.4) is 0 Å². The zero-order valence-electron chi connectivity index (χ0n) is 16.4. The van der Waals surface area contributed by atoms with Gasteiger partial charge in [0.25, 0.3) is 5.91 Å². The molecule has 0 saturated carbocycles. The Morgan fingerprint density at radius 1 is 1.04 bits per heavy atom. The average molecular weight is 377 g/mol. The van der Waals surface area contributed by atoms with Crippen LogP contribution in [-0.4, -0.2) is 40.4 Å². The summed E-state index contributed by atoms with van der Waals surface area (Å²) in [4.78, 5) is 14.4. The van der Waals surface area contributed by atoms with Crippen molar-refractivity contribution in [2.24, 2.45) is 5.10 Å². The van der Waals surface area contributed by atoms with Crippen molar-refractivity contribution in [1.29, 1.82) is 0 Å². The number of carbonyl (C=O) groups excluding carboxylic acids is 1. The number of nitrogens with zero attached hydrogens (tertiary/aromatic N) is 2. The number of anilines is 1. The molecule has 3 aromatic carbocycles. The van der Waals surface area contributed by atoms with E-state index in [-0.39, 0.29) is 5.91 Å². The highest BCUT2D eigenvalue weighted by Crippen LogP contribution is 2.29. The van der Waals surface area contributed by atoms with E-state index in [2.05, 4.69) is 10.5 Å². The molecular formula is C22H23N3O3. The second kappa shape index (κ2) is 8.43. The van der Waals surface area contributed by atoms with Crippen LogP contribution in [0.25, 0.3) is 10.8 Å². The smallest absolute Gasteiger partial charge is 0.271 e. The van der Waals surface area contributed by atoms with Crippen molar-refractivity contribution < 1.29 is 14.3 Å². The van der Waals surface area contributed by atoms with Crippen LogP contribution >= 0.6 is 0 Å². The minimum Gasteiger partial charge on any atom is -0.497 e. The number of hydrazone groups is 1. The summed E-state index contributed by atoms with van der Waals surface area (Å²) in [5.41, 5.74) is 4.83. The first-order chi connectivity index (χ1) is 13.5. The van der Waals surface area contributed by atoms with Crippen molar-refractivity contribution >= 4 is 28.6 Å². The Kier molecular flexibility index (Phi) is 5.79. The van der Waals surface area contributed by atoms with Gasteiger partial charge in [0.2, 0.25) is 0 Å². The van der Waals surface area contributed by atoms with Gasteiger partial charge in [0.15, 0.2) is 0 Å². The molecular weight excluding hydrogens is 354 g/mol. The van der Waals surface area contributed by atoms with Crippen molar-refractivity contribution in [3.8, 4) is 11.5 Å². The van der Waals surface area contributed by atoms with Crippen LogP contribution in [-0.2, 0) is 0 Å². The summed E-state index contributed by atoms with van der Waals surface area (Å²) < 4.78 is 10.8. The summed E-state index contributed by atoms with van der Waals surface area (Å²) in [5.74, 6) is 1.12. The largest absolute Gasteiger partial charge is 0.497 e. The van der Waals surface area contributed by atoms with E-state index in [4.69, 9.17) is 9.47 Å². The molecule has 0 saturated heterocycles. The van der Waals surface area contributed by atoms with Crippen LogP contribution in [0.1, 0.15) is 15.9 Å². The topological polar surface area (TPSA) is 63.2 Å². The van der Waals surface area contributed by atoms with Gasteiger partial charge in [-0.15, -0.1) is 0 Å². The summed E-state index contributed by atoms with van der Waals surface area (Å²) in [6, 6.07) is 17.0. The molecule has 1 amide bonds. The van der Waals surface area contributed by atoms with Crippen LogP contribution in [0.4, 0.5) is 5.69 Å². The lowest BCUT2D eigenvalue weighted by Crippen LogP contribution is -2.18.